The average molecular weight is 240 g/mol. The molecule has 90 valence electrons. The summed E-state index contributed by atoms with van der Waals surface area (Å²) in [7, 11) is 0. The Bertz CT molecular complexity index is 306. The molecule has 0 aliphatic rings. The molecule has 0 saturated carbocycles. The van der Waals surface area contributed by atoms with E-state index in [-0.39, 0.29) is 6.04 Å². The third-order valence-electron chi connectivity index (χ3n) is 2.30. The summed E-state index contributed by atoms with van der Waals surface area (Å²) < 4.78 is 0. The summed E-state index contributed by atoms with van der Waals surface area (Å²) in [6.07, 6.45) is 3.72. The Balaban J connectivity index is 2.46. The maximum atomic E-state index is 5.79. The molecule has 0 saturated heterocycles. The van der Waals surface area contributed by atoms with Crippen molar-refractivity contribution in [1.29, 1.82) is 0 Å². The SMILES string of the molecule is CCCSCC(Cc1cccnc1N)NN. The van der Waals surface area contributed by atoms with Gasteiger partial charge in [0.15, 0.2) is 0 Å². The molecule has 1 aromatic rings. The van der Waals surface area contributed by atoms with Gasteiger partial charge < -0.3 is 5.73 Å². The molecule has 5 N–H and O–H groups in total. The molecule has 16 heavy (non-hydrogen) atoms. The molecule has 0 bridgehead atoms. The van der Waals surface area contributed by atoms with Crippen LogP contribution in [0, 0.1) is 0 Å². The maximum absolute atomic E-state index is 5.79. The van der Waals surface area contributed by atoms with Crippen molar-refractivity contribution in [3.05, 3.63) is 23.9 Å². The number of pyridine rings is 1. The van der Waals surface area contributed by atoms with E-state index in [9.17, 15) is 0 Å². The Morgan fingerprint density at radius 2 is 2.38 bits per heavy atom. The van der Waals surface area contributed by atoms with Crippen LogP contribution >= 0.6 is 11.8 Å². The number of rotatable bonds is 7. The highest BCUT2D eigenvalue weighted by molar-refractivity contribution is 7.99. The molecule has 0 spiro atoms. The van der Waals surface area contributed by atoms with Crippen molar-refractivity contribution in [3.8, 4) is 0 Å². The number of hydrogen-bond donors (Lipinski definition) is 3. The predicted octanol–water partition coefficient (Wildman–Crippen LogP) is 1.18. The second kappa shape index (κ2) is 7.49. The second-order valence-corrected chi connectivity index (χ2v) is 4.84. The van der Waals surface area contributed by atoms with Gasteiger partial charge in [0.1, 0.15) is 5.82 Å². The number of anilines is 1. The van der Waals surface area contributed by atoms with Crippen molar-refractivity contribution in [1.82, 2.24) is 10.4 Å². The highest BCUT2D eigenvalue weighted by Crippen LogP contribution is 2.13. The quantitative estimate of drug-likeness (QED) is 0.379. The molecule has 1 atom stereocenters. The van der Waals surface area contributed by atoms with Crippen molar-refractivity contribution in [2.75, 3.05) is 17.2 Å². The lowest BCUT2D eigenvalue weighted by molar-refractivity contribution is 0.575. The molecular formula is C11H20N4S. The zero-order valence-electron chi connectivity index (χ0n) is 9.65. The third kappa shape index (κ3) is 4.38. The first-order chi connectivity index (χ1) is 7.77. The molecule has 0 fully saturated rings. The smallest absolute Gasteiger partial charge is 0.126 e. The maximum Gasteiger partial charge on any atom is 0.126 e. The van der Waals surface area contributed by atoms with Crippen LogP contribution in [0.25, 0.3) is 0 Å². The van der Waals surface area contributed by atoms with Crippen LogP contribution in [-0.2, 0) is 6.42 Å². The first-order valence-corrected chi connectivity index (χ1v) is 6.66. The summed E-state index contributed by atoms with van der Waals surface area (Å²) in [5.41, 5.74) is 9.68. The zero-order valence-corrected chi connectivity index (χ0v) is 10.5. The summed E-state index contributed by atoms with van der Waals surface area (Å²) in [6.45, 7) is 2.18. The molecule has 0 aliphatic carbocycles. The molecule has 1 heterocycles. The molecule has 5 heteroatoms. The molecule has 4 nitrogen and oxygen atoms in total. The van der Waals surface area contributed by atoms with Crippen LogP contribution in [0.3, 0.4) is 0 Å². The van der Waals surface area contributed by atoms with Gasteiger partial charge in [-0.2, -0.15) is 11.8 Å². The fraction of sp³-hybridized carbons (Fsp3) is 0.545. The molecule has 0 aliphatic heterocycles. The van der Waals surface area contributed by atoms with Gasteiger partial charge >= 0.3 is 0 Å². The van der Waals surface area contributed by atoms with Crippen molar-refractivity contribution < 1.29 is 0 Å². The van der Waals surface area contributed by atoms with E-state index in [4.69, 9.17) is 11.6 Å². The van der Waals surface area contributed by atoms with Crippen molar-refractivity contribution in [2.24, 2.45) is 5.84 Å². The van der Waals surface area contributed by atoms with Crippen LogP contribution in [0.2, 0.25) is 0 Å². The minimum absolute atomic E-state index is 0.253. The Labute approximate surface area is 101 Å². The van der Waals surface area contributed by atoms with E-state index in [1.807, 2.05) is 23.9 Å². The van der Waals surface area contributed by atoms with E-state index in [1.54, 1.807) is 6.20 Å². The summed E-state index contributed by atoms with van der Waals surface area (Å²) in [6, 6.07) is 4.15. The van der Waals surface area contributed by atoms with Gasteiger partial charge in [-0.1, -0.05) is 13.0 Å². The molecule has 1 aromatic heterocycles. The monoisotopic (exact) mass is 240 g/mol. The van der Waals surface area contributed by atoms with Crippen molar-refractivity contribution >= 4 is 17.6 Å². The van der Waals surface area contributed by atoms with E-state index in [1.165, 1.54) is 12.2 Å². The van der Waals surface area contributed by atoms with Gasteiger partial charge in [-0.25, -0.2) is 4.98 Å². The van der Waals surface area contributed by atoms with Crippen LogP contribution in [0.15, 0.2) is 18.3 Å². The summed E-state index contributed by atoms with van der Waals surface area (Å²) in [4.78, 5) is 4.07. The van der Waals surface area contributed by atoms with Crippen molar-refractivity contribution in [3.63, 3.8) is 0 Å². The van der Waals surface area contributed by atoms with E-state index < -0.39 is 0 Å². The fourth-order valence-electron chi connectivity index (χ4n) is 1.42. The molecule has 0 radical (unpaired) electrons. The summed E-state index contributed by atoms with van der Waals surface area (Å²) >= 11 is 1.91. The number of nitrogens with zero attached hydrogens (tertiary/aromatic N) is 1. The number of hydrogen-bond acceptors (Lipinski definition) is 5. The van der Waals surface area contributed by atoms with E-state index in [2.05, 4.69) is 17.3 Å². The minimum Gasteiger partial charge on any atom is -0.383 e. The summed E-state index contributed by atoms with van der Waals surface area (Å²) in [5, 5.41) is 0. The lowest BCUT2D eigenvalue weighted by Gasteiger charge is -2.16. The molecular weight excluding hydrogens is 220 g/mol. The first kappa shape index (κ1) is 13.3. The highest BCUT2D eigenvalue weighted by Gasteiger charge is 2.09. The highest BCUT2D eigenvalue weighted by atomic mass is 32.2. The number of nitrogen functional groups attached to an aromatic ring is 1. The molecule has 1 rings (SSSR count). The van der Waals surface area contributed by atoms with Crippen LogP contribution in [0.1, 0.15) is 18.9 Å². The molecule has 0 amide bonds. The second-order valence-electron chi connectivity index (χ2n) is 3.69. The third-order valence-corrected chi connectivity index (χ3v) is 3.63. The van der Waals surface area contributed by atoms with Crippen LogP contribution in [0.4, 0.5) is 5.82 Å². The lowest BCUT2D eigenvalue weighted by atomic mass is 10.1. The topological polar surface area (TPSA) is 77.0 Å². The molecule has 1 unspecified atom stereocenters. The van der Waals surface area contributed by atoms with Crippen LogP contribution in [0.5, 0.6) is 0 Å². The number of nitrogens with one attached hydrogen (secondary N) is 1. The Morgan fingerprint density at radius 3 is 3.00 bits per heavy atom. The Hall–Kier alpha value is -0.780. The van der Waals surface area contributed by atoms with E-state index in [0.29, 0.717) is 5.82 Å². The van der Waals surface area contributed by atoms with Gasteiger partial charge in [0, 0.05) is 18.0 Å². The standard InChI is InChI=1S/C11H20N4S/c1-2-6-16-8-10(15-13)7-9-4-3-5-14-11(9)12/h3-5,10,15H,2,6-8,13H2,1H3,(H2,12,14). The van der Waals surface area contributed by atoms with Crippen molar-refractivity contribution in [2.45, 2.75) is 25.8 Å². The molecule has 0 aromatic carbocycles. The number of nitrogens with two attached hydrogens (primary N) is 2. The number of hydrazine groups is 1. The first-order valence-electron chi connectivity index (χ1n) is 5.51. The lowest BCUT2D eigenvalue weighted by Crippen LogP contribution is -2.39. The van der Waals surface area contributed by atoms with Gasteiger partial charge in [0.25, 0.3) is 0 Å². The minimum atomic E-state index is 0.253. The van der Waals surface area contributed by atoms with Gasteiger partial charge in [-0.15, -0.1) is 0 Å². The Kier molecular flexibility index (Phi) is 6.22. The van der Waals surface area contributed by atoms with Gasteiger partial charge in [-0.05, 0) is 30.2 Å². The number of aromatic nitrogens is 1. The Morgan fingerprint density at radius 1 is 1.56 bits per heavy atom. The van der Waals surface area contributed by atoms with Gasteiger partial charge in [-0.3, -0.25) is 11.3 Å². The van der Waals surface area contributed by atoms with Gasteiger partial charge in [0.2, 0.25) is 0 Å². The van der Waals surface area contributed by atoms with E-state index in [0.717, 1.165) is 17.7 Å². The zero-order chi connectivity index (χ0) is 11.8. The number of thioether (sulfide) groups is 1. The summed E-state index contributed by atoms with van der Waals surface area (Å²) in [5.74, 6) is 8.29. The van der Waals surface area contributed by atoms with Gasteiger partial charge in [0.05, 0.1) is 0 Å². The largest absolute Gasteiger partial charge is 0.383 e. The van der Waals surface area contributed by atoms with Crippen LogP contribution < -0.4 is 17.0 Å². The van der Waals surface area contributed by atoms with E-state index >= 15 is 0 Å². The predicted molar refractivity (Wildman–Crippen MR) is 71.1 cm³/mol. The fourth-order valence-corrected chi connectivity index (χ4v) is 2.38. The van der Waals surface area contributed by atoms with Crippen LogP contribution in [-0.4, -0.2) is 22.5 Å². The average Bonchev–Trinajstić information content (AvgIpc) is 2.30. The normalized spacial score (nSPS) is 12.6.